The first-order chi connectivity index (χ1) is 15.8. The van der Waals surface area contributed by atoms with Gasteiger partial charge in [0.05, 0.1) is 28.6 Å². The summed E-state index contributed by atoms with van der Waals surface area (Å²) in [5.41, 5.74) is 1.57. The fourth-order valence-corrected chi connectivity index (χ4v) is 3.43. The van der Waals surface area contributed by atoms with E-state index < -0.39 is 22.8 Å². The molecule has 9 nitrogen and oxygen atoms in total. The van der Waals surface area contributed by atoms with Crippen molar-refractivity contribution >= 4 is 17.6 Å². The monoisotopic (exact) mass is 456 g/mol. The van der Waals surface area contributed by atoms with Crippen molar-refractivity contribution in [1.29, 1.82) is 0 Å². The standard InChI is InChI=1S/C24H28N2O7/c1-5-6-7-8-12-32-23(27)20-16(2)25-17(3)21(24(28)33-14-13-31-4)22(20)18-10-9-11-19(15-18)26(29)30/h5-11,15,22,25H,12-14H2,1-4H3. The number of hydrogen-bond acceptors (Lipinski definition) is 8. The van der Waals surface area contributed by atoms with Crippen LogP contribution in [-0.2, 0) is 23.8 Å². The van der Waals surface area contributed by atoms with Gasteiger partial charge >= 0.3 is 11.9 Å². The maximum Gasteiger partial charge on any atom is 0.337 e. The van der Waals surface area contributed by atoms with Crippen LogP contribution in [0.1, 0.15) is 32.3 Å². The summed E-state index contributed by atoms with van der Waals surface area (Å²) < 4.78 is 15.7. The number of esters is 2. The summed E-state index contributed by atoms with van der Waals surface area (Å²) in [7, 11) is 1.48. The van der Waals surface area contributed by atoms with Gasteiger partial charge in [-0.25, -0.2) is 9.59 Å². The molecular weight excluding hydrogens is 428 g/mol. The molecule has 1 aromatic carbocycles. The molecule has 1 heterocycles. The molecule has 1 unspecified atom stereocenters. The van der Waals surface area contributed by atoms with Crippen molar-refractivity contribution in [3.63, 3.8) is 0 Å². The lowest BCUT2D eigenvalue weighted by Gasteiger charge is -2.30. The topological polar surface area (TPSA) is 117 Å². The van der Waals surface area contributed by atoms with E-state index in [2.05, 4.69) is 5.32 Å². The number of carbonyl (C=O) groups excluding carboxylic acids is 2. The van der Waals surface area contributed by atoms with E-state index in [-0.39, 0.29) is 36.7 Å². The Kier molecular flexibility index (Phi) is 9.56. The number of ether oxygens (including phenoxy) is 3. The first-order valence-corrected chi connectivity index (χ1v) is 10.4. The highest BCUT2D eigenvalue weighted by Gasteiger charge is 2.38. The maximum atomic E-state index is 13.1. The number of benzene rings is 1. The van der Waals surface area contributed by atoms with Crippen LogP contribution in [0.15, 0.2) is 71.1 Å². The number of methoxy groups -OCH3 is 1. The molecule has 0 spiro atoms. The van der Waals surface area contributed by atoms with Gasteiger partial charge in [0.25, 0.3) is 5.69 Å². The van der Waals surface area contributed by atoms with Gasteiger partial charge in [0.15, 0.2) is 0 Å². The molecule has 1 aromatic rings. The van der Waals surface area contributed by atoms with Gasteiger partial charge in [0.2, 0.25) is 0 Å². The van der Waals surface area contributed by atoms with Crippen molar-refractivity contribution in [2.45, 2.75) is 26.7 Å². The second-order valence-corrected chi connectivity index (χ2v) is 7.17. The van der Waals surface area contributed by atoms with E-state index in [0.717, 1.165) is 0 Å². The quantitative estimate of drug-likeness (QED) is 0.186. The zero-order valence-corrected chi connectivity index (χ0v) is 19.1. The van der Waals surface area contributed by atoms with E-state index in [4.69, 9.17) is 14.2 Å². The summed E-state index contributed by atoms with van der Waals surface area (Å²) in [6, 6.07) is 5.83. The molecule has 0 aromatic heterocycles. The normalized spacial score (nSPS) is 16.3. The number of non-ortho nitro benzene ring substituents is 1. The smallest absolute Gasteiger partial charge is 0.337 e. The third kappa shape index (κ3) is 6.63. The molecule has 2 rings (SSSR count). The van der Waals surface area contributed by atoms with Crippen LogP contribution >= 0.6 is 0 Å². The van der Waals surface area contributed by atoms with Crippen molar-refractivity contribution in [2.75, 3.05) is 26.9 Å². The molecule has 176 valence electrons. The molecule has 0 aliphatic carbocycles. The molecule has 1 aliphatic heterocycles. The van der Waals surface area contributed by atoms with Crippen LogP contribution in [0.3, 0.4) is 0 Å². The number of nitro groups is 1. The summed E-state index contributed by atoms with van der Waals surface area (Å²) >= 11 is 0. The zero-order valence-electron chi connectivity index (χ0n) is 19.1. The molecule has 0 radical (unpaired) electrons. The van der Waals surface area contributed by atoms with Gasteiger partial charge in [0, 0.05) is 30.6 Å². The number of hydrogen-bond donors (Lipinski definition) is 1. The highest BCUT2D eigenvalue weighted by molar-refractivity contribution is 6.00. The Labute approximate surface area is 192 Å². The largest absolute Gasteiger partial charge is 0.460 e. The van der Waals surface area contributed by atoms with Gasteiger partial charge in [-0.05, 0) is 32.4 Å². The average Bonchev–Trinajstić information content (AvgIpc) is 2.78. The molecule has 0 bridgehead atoms. The van der Waals surface area contributed by atoms with E-state index in [0.29, 0.717) is 17.0 Å². The fourth-order valence-electron chi connectivity index (χ4n) is 3.43. The predicted octanol–water partition coefficient (Wildman–Crippen LogP) is 3.69. The van der Waals surface area contributed by atoms with Crippen molar-refractivity contribution < 1.29 is 28.7 Å². The minimum Gasteiger partial charge on any atom is -0.460 e. The Morgan fingerprint density at radius 2 is 1.76 bits per heavy atom. The number of nitro benzene ring substituents is 1. The van der Waals surface area contributed by atoms with Crippen LogP contribution in [0.2, 0.25) is 0 Å². The van der Waals surface area contributed by atoms with Crippen LogP contribution in [0, 0.1) is 10.1 Å². The number of carbonyl (C=O) groups is 2. The van der Waals surface area contributed by atoms with Crippen LogP contribution in [0.5, 0.6) is 0 Å². The summed E-state index contributed by atoms with van der Waals surface area (Å²) in [5, 5.41) is 14.4. The third-order valence-electron chi connectivity index (χ3n) is 4.89. The van der Waals surface area contributed by atoms with Crippen LogP contribution in [-0.4, -0.2) is 43.8 Å². The van der Waals surface area contributed by atoms with Crippen LogP contribution in [0.4, 0.5) is 5.69 Å². The van der Waals surface area contributed by atoms with Crippen molar-refractivity contribution in [3.05, 3.63) is 86.8 Å². The van der Waals surface area contributed by atoms with E-state index in [1.54, 1.807) is 38.1 Å². The van der Waals surface area contributed by atoms with E-state index >= 15 is 0 Å². The summed E-state index contributed by atoms with van der Waals surface area (Å²) in [6.07, 6.45) is 7.05. The summed E-state index contributed by atoms with van der Waals surface area (Å²) in [4.78, 5) is 36.9. The van der Waals surface area contributed by atoms with E-state index in [1.165, 1.54) is 25.3 Å². The Morgan fingerprint density at radius 1 is 1.09 bits per heavy atom. The molecule has 1 aliphatic rings. The lowest BCUT2D eigenvalue weighted by Crippen LogP contribution is -2.32. The second-order valence-electron chi connectivity index (χ2n) is 7.17. The lowest BCUT2D eigenvalue weighted by molar-refractivity contribution is -0.384. The summed E-state index contributed by atoms with van der Waals surface area (Å²) in [5.74, 6) is -2.20. The fraction of sp³-hybridized carbons (Fsp3) is 0.333. The van der Waals surface area contributed by atoms with Crippen molar-refractivity contribution in [2.24, 2.45) is 0 Å². The molecule has 0 saturated carbocycles. The molecule has 33 heavy (non-hydrogen) atoms. The number of dihydropyridines is 1. The molecule has 1 atom stereocenters. The Balaban J connectivity index is 2.50. The van der Waals surface area contributed by atoms with Gasteiger partial charge in [-0.15, -0.1) is 0 Å². The minimum absolute atomic E-state index is 0.0198. The molecular formula is C24H28N2O7. The number of nitrogens with one attached hydrogen (secondary N) is 1. The molecule has 9 heteroatoms. The lowest BCUT2D eigenvalue weighted by atomic mass is 9.80. The molecule has 1 N–H and O–H groups in total. The Hall–Kier alpha value is -3.72. The van der Waals surface area contributed by atoms with Gasteiger partial charge in [-0.2, -0.15) is 0 Å². The van der Waals surface area contributed by atoms with Gasteiger partial charge in [-0.3, -0.25) is 10.1 Å². The molecule has 0 amide bonds. The van der Waals surface area contributed by atoms with Gasteiger partial charge < -0.3 is 19.5 Å². The van der Waals surface area contributed by atoms with Crippen LogP contribution in [0.25, 0.3) is 0 Å². The molecule has 0 fully saturated rings. The first-order valence-electron chi connectivity index (χ1n) is 10.4. The molecule has 0 saturated heterocycles. The Bertz CT molecular complexity index is 1020. The highest BCUT2D eigenvalue weighted by Crippen LogP contribution is 2.40. The van der Waals surface area contributed by atoms with Gasteiger partial charge in [-0.1, -0.05) is 30.4 Å². The maximum absolute atomic E-state index is 13.1. The SMILES string of the molecule is CC=CC=CCOC(=O)C1=C(C)NC(C)=C(C(=O)OCCOC)C1c1cccc([N+](=O)[O-])c1. The van der Waals surface area contributed by atoms with Crippen LogP contribution < -0.4 is 5.32 Å². The number of rotatable bonds is 10. The number of allylic oxidation sites excluding steroid dienone is 5. The Morgan fingerprint density at radius 3 is 2.36 bits per heavy atom. The third-order valence-corrected chi connectivity index (χ3v) is 4.89. The average molecular weight is 456 g/mol. The zero-order chi connectivity index (χ0) is 24.4. The summed E-state index contributed by atoms with van der Waals surface area (Å²) in [6.45, 7) is 5.48. The minimum atomic E-state index is -0.909. The van der Waals surface area contributed by atoms with E-state index in [9.17, 15) is 19.7 Å². The highest BCUT2D eigenvalue weighted by atomic mass is 16.6. The number of nitrogens with zero attached hydrogens (tertiary/aromatic N) is 1. The first kappa shape index (κ1) is 25.5. The predicted molar refractivity (Wildman–Crippen MR) is 122 cm³/mol. The van der Waals surface area contributed by atoms with Crippen molar-refractivity contribution in [1.82, 2.24) is 5.32 Å². The van der Waals surface area contributed by atoms with Crippen molar-refractivity contribution in [3.8, 4) is 0 Å². The van der Waals surface area contributed by atoms with E-state index in [1.807, 2.05) is 13.0 Å². The van der Waals surface area contributed by atoms with Gasteiger partial charge in [0.1, 0.15) is 13.2 Å². The second kappa shape index (κ2) is 12.4.